The Hall–Kier alpha value is -1.20. The molecule has 0 bridgehead atoms. The Bertz CT molecular complexity index is 314. The van der Waals surface area contributed by atoms with E-state index in [1.807, 2.05) is 18.2 Å². The molecular formula is C10H13BO4. The van der Waals surface area contributed by atoms with E-state index in [0.717, 1.165) is 17.0 Å². The Kier molecular flexibility index (Phi) is 3.13. The van der Waals surface area contributed by atoms with Crippen LogP contribution in [0.2, 0.25) is 0 Å². The Labute approximate surface area is 89.2 Å². The Morgan fingerprint density at radius 3 is 2.00 bits per heavy atom. The molecule has 4 nitrogen and oxygen atoms in total. The van der Waals surface area contributed by atoms with E-state index in [1.165, 1.54) is 0 Å². The molecule has 0 spiro atoms. The van der Waals surface area contributed by atoms with Crippen LogP contribution < -0.4 is 14.9 Å². The third-order valence-electron chi connectivity index (χ3n) is 2.27. The van der Waals surface area contributed by atoms with E-state index >= 15 is 0 Å². The second-order valence-corrected chi connectivity index (χ2v) is 3.22. The molecule has 80 valence electrons. The van der Waals surface area contributed by atoms with Crippen molar-refractivity contribution in [1.82, 2.24) is 0 Å². The number of ether oxygens (including phenoxy) is 2. The van der Waals surface area contributed by atoms with Crippen molar-refractivity contribution in [3.63, 3.8) is 0 Å². The molecule has 1 saturated heterocycles. The first-order chi connectivity index (χ1) is 7.33. The molecule has 0 amide bonds. The summed E-state index contributed by atoms with van der Waals surface area (Å²) in [5, 5.41) is 0. The molecule has 2 rings (SSSR count). The fourth-order valence-electron chi connectivity index (χ4n) is 1.52. The van der Waals surface area contributed by atoms with Crippen LogP contribution in [-0.2, 0) is 9.31 Å². The summed E-state index contributed by atoms with van der Waals surface area (Å²) in [4.78, 5) is 0. The fraction of sp³-hybridized carbons (Fsp3) is 0.400. The lowest BCUT2D eigenvalue weighted by Gasteiger charge is -2.09. The molecule has 0 aromatic heterocycles. The lowest BCUT2D eigenvalue weighted by atomic mass is 9.79. The quantitative estimate of drug-likeness (QED) is 0.675. The van der Waals surface area contributed by atoms with Crippen molar-refractivity contribution >= 4 is 12.6 Å². The van der Waals surface area contributed by atoms with Gasteiger partial charge in [-0.25, -0.2) is 0 Å². The van der Waals surface area contributed by atoms with E-state index in [0.29, 0.717) is 13.2 Å². The van der Waals surface area contributed by atoms with Crippen molar-refractivity contribution in [3.05, 3.63) is 18.2 Å². The molecule has 1 aromatic carbocycles. The van der Waals surface area contributed by atoms with Gasteiger partial charge < -0.3 is 18.8 Å². The SMILES string of the molecule is COc1cc(OC)cc(B2OCCO2)c1. The molecule has 1 aliphatic rings. The monoisotopic (exact) mass is 208 g/mol. The van der Waals surface area contributed by atoms with Crippen molar-refractivity contribution < 1.29 is 18.8 Å². The zero-order chi connectivity index (χ0) is 10.7. The summed E-state index contributed by atoms with van der Waals surface area (Å²) in [6, 6.07) is 5.59. The van der Waals surface area contributed by atoms with Crippen LogP contribution in [-0.4, -0.2) is 34.6 Å². The van der Waals surface area contributed by atoms with Gasteiger partial charge >= 0.3 is 7.12 Å². The van der Waals surface area contributed by atoms with Crippen LogP contribution in [0, 0.1) is 0 Å². The molecule has 0 aliphatic carbocycles. The maximum Gasteiger partial charge on any atom is 0.494 e. The van der Waals surface area contributed by atoms with Crippen LogP contribution in [0.4, 0.5) is 0 Å². The van der Waals surface area contributed by atoms with Crippen LogP contribution >= 0.6 is 0 Å². The van der Waals surface area contributed by atoms with Gasteiger partial charge in [-0.05, 0) is 17.6 Å². The highest BCUT2D eigenvalue weighted by atomic mass is 16.6. The summed E-state index contributed by atoms with van der Waals surface area (Å²) in [6.07, 6.45) is 0. The summed E-state index contributed by atoms with van der Waals surface area (Å²) >= 11 is 0. The topological polar surface area (TPSA) is 36.9 Å². The minimum Gasteiger partial charge on any atom is -0.497 e. The van der Waals surface area contributed by atoms with E-state index in [1.54, 1.807) is 14.2 Å². The first-order valence-corrected chi connectivity index (χ1v) is 4.79. The van der Waals surface area contributed by atoms with Gasteiger partial charge in [-0.2, -0.15) is 0 Å². The fourth-order valence-corrected chi connectivity index (χ4v) is 1.52. The lowest BCUT2D eigenvalue weighted by Crippen LogP contribution is -2.31. The summed E-state index contributed by atoms with van der Waals surface area (Å²) in [5.41, 5.74) is 0.920. The highest BCUT2D eigenvalue weighted by Crippen LogP contribution is 2.18. The van der Waals surface area contributed by atoms with Gasteiger partial charge in [0.2, 0.25) is 0 Å². The van der Waals surface area contributed by atoms with Gasteiger partial charge in [-0.3, -0.25) is 0 Å². The normalized spacial score (nSPS) is 15.5. The second-order valence-electron chi connectivity index (χ2n) is 3.22. The van der Waals surface area contributed by atoms with E-state index in [-0.39, 0.29) is 7.12 Å². The average Bonchev–Trinajstić information content (AvgIpc) is 2.81. The Morgan fingerprint density at radius 2 is 1.53 bits per heavy atom. The molecule has 0 atom stereocenters. The minimum absolute atomic E-state index is 0.297. The standard InChI is InChI=1S/C10H13BO4/c1-12-9-5-8(6-10(7-9)13-2)11-14-3-4-15-11/h5-7H,3-4H2,1-2H3. The summed E-state index contributed by atoms with van der Waals surface area (Å²) in [5.74, 6) is 1.48. The molecule has 1 aromatic rings. The number of benzene rings is 1. The highest BCUT2D eigenvalue weighted by Gasteiger charge is 2.27. The molecule has 0 saturated carbocycles. The van der Waals surface area contributed by atoms with Gasteiger partial charge in [0.25, 0.3) is 0 Å². The average molecular weight is 208 g/mol. The smallest absolute Gasteiger partial charge is 0.494 e. The van der Waals surface area contributed by atoms with E-state index < -0.39 is 0 Å². The van der Waals surface area contributed by atoms with Crippen molar-refractivity contribution in [2.75, 3.05) is 27.4 Å². The van der Waals surface area contributed by atoms with Gasteiger partial charge in [-0.1, -0.05) is 0 Å². The number of hydrogen-bond acceptors (Lipinski definition) is 4. The molecule has 1 heterocycles. The van der Waals surface area contributed by atoms with Gasteiger partial charge in [0.1, 0.15) is 11.5 Å². The van der Waals surface area contributed by atoms with Crippen molar-refractivity contribution in [2.45, 2.75) is 0 Å². The van der Waals surface area contributed by atoms with E-state index in [2.05, 4.69) is 0 Å². The molecule has 5 heteroatoms. The Balaban J connectivity index is 2.28. The molecule has 15 heavy (non-hydrogen) atoms. The highest BCUT2D eigenvalue weighted by molar-refractivity contribution is 6.61. The van der Waals surface area contributed by atoms with E-state index in [4.69, 9.17) is 18.8 Å². The third kappa shape index (κ3) is 2.24. The number of rotatable bonds is 3. The predicted molar refractivity (Wildman–Crippen MR) is 56.8 cm³/mol. The van der Waals surface area contributed by atoms with E-state index in [9.17, 15) is 0 Å². The van der Waals surface area contributed by atoms with Gasteiger partial charge in [0.15, 0.2) is 0 Å². The molecule has 1 fully saturated rings. The summed E-state index contributed by atoms with van der Waals surface area (Å²) in [7, 11) is 2.94. The second kappa shape index (κ2) is 4.55. The number of methoxy groups -OCH3 is 2. The third-order valence-corrected chi connectivity index (χ3v) is 2.27. The summed E-state index contributed by atoms with van der Waals surface area (Å²) < 4.78 is 21.1. The lowest BCUT2D eigenvalue weighted by molar-refractivity contribution is 0.365. The van der Waals surface area contributed by atoms with Crippen LogP contribution in [0.15, 0.2) is 18.2 Å². The van der Waals surface area contributed by atoms with Crippen molar-refractivity contribution in [2.24, 2.45) is 0 Å². The molecule has 0 N–H and O–H groups in total. The van der Waals surface area contributed by atoms with Crippen molar-refractivity contribution in [1.29, 1.82) is 0 Å². The molecule has 0 radical (unpaired) electrons. The van der Waals surface area contributed by atoms with Gasteiger partial charge in [0.05, 0.1) is 27.4 Å². The summed E-state index contributed by atoms with van der Waals surface area (Å²) in [6.45, 7) is 1.26. The van der Waals surface area contributed by atoms with Crippen LogP contribution in [0.3, 0.4) is 0 Å². The molecular weight excluding hydrogens is 195 g/mol. The Morgan fingerprint density at radius 1 is 1.00 bits per heavy atom. The largest absolute Gasteiger partial charge is 0.497 e. The van der Waals surface area contributed by atoms with Crippen molar-refractivity contribution in [3.8, 4) is 11.5 Å². The maximum absolute atomic E-state index is 5.40. The van der Waals surface area contributed by atoms with Gasteiger partial charge in [-0.15, -0.1) is 0 Å². The zero-order valence-corrected chi connectivity index (χ0v) is 8.86. The van der Waals surface area contributed by atoms with Gasteiger partial charge in [0, 0.05) is 6.07 Å². The first-order valence-electron chi connectivity index (χ1n) is 4.79. The zero-order valence-electron chi connectivity index (χ0n) is 8.86. The number of hydrogen-bond donors (Lipinski definition) is 0. The first kappa shape index (κ1) is 10.3. The maximum atomic E-state index is 5.40. The molecule has 1 aliphatic heterocycles. The minimum atomic E-state index is -0.297. The van der Waals surface area contributed by atoms with Crippen LogP contribution in [0.5, 0.6) is 11.5 Å². The molecule has 0 unspecified atom stereocenters. The van der Waals surface area contributed by atoms with Crippen LogP contribution in [0.1, 0.15) is 0 Å². The predicted octanol–water partition coefficient (Wildman–Crippen LogP) is 0.446. The van der Waals surface area contributed by atoms with Crippen LogP contribution in [0.25, 0.3) is 0 Å².